The summed E-state index contributed by atoms with van der Waals surface area (Å²) in [5.41, 5.74) is 0.533. The van der Waals surface area contributed by atoms with Gasteiger partial charge >= 0.3 is 11.9 Å². The number of hydrogen-bond acceptors (Lipinski definition) is 7. The number of pyridine rings is 1. The average Bonchev–Trinajstić information content (AvgIpc) is 3.66. The van der Waals surface area contributed by atoms with Gasteiger partial charge in [0.05, 0.1) is 24.3 Å². The number of ether oxygens (including phenoxy) is 1. The fraction of sp³-hybridized carbons (Fsp3) is 0.484. The lowest BCUT2D eigenvalue weighted by Crippen LogP contribution is -2.63. The molecule has 0 radical (unpaired) electrons. The number of carboxylic acids is 1. The SMILES string of the molecule is C[C@]12Cc3cnn(-c4ccccn4)c3C=C1CC[C@@H]1[C@@H]2[C@@H](O)C[C@@]2(C)[C@H]1CC[C@]2(OC(=O)c1ccco1)C(=O)O. The van der Waals surface area contributed by atoms with E-state index in [1.165, 1.54) is 17.9 Å². The maximum Gasteiger partial charge on any atom is 0.375 e. The second-order valence-corrected chi connectivity index (χ2v) is 12.5. The molecule has 4 aliphatic carbocycles. The molecule has 9 heteroatoms. The van der Waals surface area contributed by atoms with Crippen LogP contribution < -0.4 is 0 Å². The van der Waals surface area contributed by atoms with Crippen LogP contribution in [0.15, 0.2) is 59.0 Å². The Labute approximate surface area is 231 Å². The Hall–Kier alpha value is -3.72. The highest BCUT2D eigenvalue weighted by molar-refractivity contribution is 5.90. The Morgan fingerprint density at radius 2 is 2.02 bits per heavy atom. The fourth-order valence-corrected chi connectivity index (χ4v) is 9.00. The number of carbonyl (C=O) groups excluding carboxylic acids is 1. The summed E-state index contributed by atoms with van der Waals surface area (Å²) >= 11 is 0. The van der Waals surface area contributed by atoms with Gasteiger partial charge in [-0.1, -0.05) is 25.5 Å². The lowest BCUT2D eigenvalue weighted by molar-refractivity contribution is -0.195. The predicted octanol–water partition coefficient (Wildman–Crippen LogP) is 4.69. The monoisotopic (exact) mass is 543 g/mol. The number of allylic oxidation sites excluding steroid dienone is 1. The zero-order valence-corrected chi connectivity index (χ0v) is 22.6. The zero-order chi connectivity index (χ0) is 27.9. The Kier molecular flexibility index (Phi) is 5.45. The summed E-state index contributed by atoms with van der Waals surface area (Å²) in [4.78, 5) is 30.3. The van der Waals surface area contributed by atoms with Gasteiger partial charge in [0.15, 0.2) is 5.82 Å². The number of aliphatic hydroxyl groups is 1. The van der Waals surface area contributed by atoms with E-state index in [1.54, 1.807) is 12.3 Å². The van der Waals surface area contributed by atoms with Crippen molar-refractivity contribution in [1.29, 1.82) is 0 Å². The lowest BCUT2D eigenvalue weighted by atomic mass is 9.45. The molecule has 3 aromatic heterocycles. The van der Waals surface area contributed by atoms with E-state index in [9.17, 15) is 19.8 Å². The molecule has 7 rings (SSSR count). The van der Waals surface area contributed by atoms with Crippen molar-refractivity contribution < 1.29 is 29.0 Å². The normalized spacial score (nSPS) is 36.0. The van der Waals surface area contributed by atoms with E-state index in [2.05, 4.69) is 23.1 Å². The van der Waals surface area contributed by atoms with Gasteiger partial charge in [0.25, 0.3) is 0 Å². The van der Waals surface area contributed by atoms with Gasteiger partial charge < -0.3 is 19.4 Å². The molecule has 4 aliphatic rings. The number of furan rings is 1. The summed E-state index contributed by atoms with van der Waals surface area (Å²) in [6.07, 6.45) is 10.1. The molecular formula is C31H33N3O6. The zero-order valence-electron chi connectivity index (χ0n) is 22.6. The topological polar surface area (TPSA) is 128 Å². The maximum absolute atomic E-state index is 13.0. The number of carboxylic acid groups (broad SMARTS) is 1. The fourth-order valence-electron chi connectivity index (χ4n) is 9.00. The van der Waals surface area contributed by atoms with Gasteiger partial charge in [-0.05, 0) is 97.6 Å². The van der Waals surface area contributed by atoms with Gasteiger partial charge in [0.2, 0.25) is 11.4 Å². The predicted molar refractivity (Wildman–Crippen MR) is 143 cm³/mol. The molecule has 7 atom stereocenters. The Balaban J connectivity index is 1.23. The summed E-state index contributed by atoms with van der Waals surface area (Å²) in [6, 6.07) is 8.81. The molecule has 9 nitrogen and oxygen atoms in total. The minimum atomic E-state index is -1.73. The van der Waals surface area contributed by atoms with Crippen LogP contribution in [-0.2, 0) is 16.0 Å². The summed E-state index contributed by atoms with van der Waals surface area (Å²) < 4.78 is 12.9. The molecule has 2 N–H and O–H groups in total. The smallest absolute Gasteiger partial charge is 0.375 e. The Morgan fingerprint density at radius 1 is 1.18 bits per heavy atom. The van der Waals surface area contributed by atoms with Crippen LogP contribution in [0.5, 0.6) is 0 Å². The van der Waals surface area contributed by atoms with E-state index in [0.29, 0.717) is 6.42 Å². The van der Waals surface area contributed by atoms with Crippen LogP contribution in [0, 0.1) is 28.6 Å². The van der Waals surface area contributed by atoms with Crippen LogP contribution in [0.4, 0.5) is 0 Å². The van der Waals surface area contributed by atoms with Gasteiger partial charge in [0, 0.05) is 11.6 Å². The van der Waals surface area contributed by atoms with Crippen molar-refractivity contribution in [2.45, 2.75) is 64.1 Å². The van der Waals surface area contributed by atoms with Crippen LogP contribution in [0.3, 0.4) is 0 Å². The first-order valence-electron chi connectivity index (χ1n) is 14.1. The van der Waals surface area contributed by atoms with E-state index in [4.69, 9.17) is 9.15 Å². The molecule has 0 amide bonds. The first-order chi connectivity index (χ1) is 19.2. The number of rotatable bonds is 4. The second kappa shape index (κ2) is 8.64. The van der Waals surface area contributed by atoms with Gasteiger partial charge in [-0.15, -0.1) is 0 Å². The third kappa shape index (κ3) is 3.30. The number of aliphatic hydroxyl groups excluding tert-OH is 1. The second-order valence-electron chi connectivity index (χ2n) is 12.5. The highest BCUT2D eigenvalue weighted by atomic mass is 16.6. The van der Waals surface area contributed by atoms with Crippen molar-refractivity contribution in [2.24, 2.45) is 28.6 Å². The number of nitrogens with zero attached hydrogens (tertiary/aromatic N) is 3. The highest BCUT2D eigenvalue weighted by Gasteiger charge is 2.71. The van der Waals surface area contributed by atoms with Gasteiger partial charge in [-0.2, -0.15) is 5.10 Å². The molecule has 0 spiro atoms. The van der Waals surface area contributed by atoms with E-state index >= 15 is 0 Å². The van der Waals surface area contributed by atoms with Crippen molar-refractivity contribution in [3.63, 3.8) is 0 Å². The summed E-state index contributed by atoms with van der Waals surface area (Å²) in [6.45, 7) is 4.15. The minimum absolute atomic E-state index is 0.00239. The summed E-state index contributed by atoms with van der Waals surface area (Å²) in [5.74, 6) is -1.13. The van der Waals surface area contributed by atoms with E-state index in [1.807, 2.05) is 36.0 Å². The minimum Gasteiger partial charge on any atom is -0.478 e. The third-order valence-electron chi connectivity index (χ3n) is 10.7. The molecule has 0 saturated heterocycles. The van der Waals surface area contributed by atoms with Crippen LogP contribution >= 0.6 is 0 Å². The molecule has 3 aromatic rings. The van der Waals surface area contributed by atoms with Gasteiger partial charge in [0.1, 0.15) is 0 Å². The van der Waals surface area contributed by atoms with Crippen molar-refractivity contribution in [3.05, 3.63) is 71.6 Å². The molecule has 3 fully saturated rings. The molecular weight excluding hydrogens is 510 g/mol. The van der Waals surface area contributed by atoms with E-state index in [0.717, 1.165) is 36.3 Å². The van der Waals surface area contributed by atoms with Gasteiger partial charge in [-0.25, -0.2) is 19.3 Å². The molecule has 0 bridgehead atoms. The molecule has 0 aromatic carbocycles. The van der Waals surface area contributed by atoms with Crippen molar-refractivity contribution in [1.82, 2.24) is 14.8 Å². The largest absolute Gasteiger partial charge is 0.478 e. The average molecular weight is 544 g/mol. The highest BCUT2D eigenvalue weighted by Crippen LogP contribution is 2.68. The molecule has 208 valence electrons. The molecule has 40 heavy (non-hydrogen) atoms. The number of hydrogen-bond donors (Lipinski definition) is 2. The molecule has 0 unspecified atom stereocenters. The van der Waals surface area contributed by atoms with E-state index < -0.39 is 29.1 Å². The first kappa shape index (κ1) is 25.3. The van der Waals surface area contributed by atoms with Crippen LogP contribution in [0.1, 0.15) is 67.8 Å². The van der Waals surface area contributed by atoms with Crippen LogP contribution in [0.2, 0.25) is 0 Å². The van der Waals surface area contributed by atoms with Crippen molar-refractivity contribution in [3.8, 4) is 5.82 Å². The Bertz CT molecular complexity index is 1510. The van der Waals surface area contributed by atoms with Crippen LogP contribution in [-0.4, -0.2) is 48.6 Å². The van der Waals surface area contributed by atoms with E-state index in [-0.39, 0.29) is 41.8 Å². The number of esters is 1. The molecule has 0 aliphatic heterocycles. The third-order valence-corrected chi connectivity index (χ3v) is 10.7. The summed E-state index contributed by atoms with van der Waals surface area (Å²) in [7, 11) is 0. The van der Waals surface area contributed by atoms with Gasteiger partial charge in [-0.3, -0.25) is 0 Å². The first-order valence-corrected chi connectivity index (χ1v) is 14.1. The van der Waals surface area contributed by atoms with Crippen molar-refractivity contribution >= 4 is 18.0 Å². The lowest BCUT2D eigenvalue weighted by Gasteiger charge is -2.60. The molecule has 3 saturated carbocycles. The maximum atomic E-state index is 13.0. The number of aromatic nitrogens is 3. The standard InChI is InChI=1S/C31H33N3O6/c1-29-15-18-17-33-34(25-7-3-4-12-32-25)22(18)14-19(29)8-9-20-21-10-11-31(28(37)38,30(21,2)16-23(35)26(20)29)40-27(36)24-6-5-13-39-24/h3-7,12-14,17,20-21,23,26,35H,8-11,15-16H2,1-2H3,(H,37,38)/t20-,21-,23-,26+,29-,30-,31-/m0/s1. The number of carbonyl (C=O) groups is 2. The number of fused-ring (bicyclic) bond motifs is 6. The quantitative estimate of drug-likeness (QED) is 0.454. The Morgan fingerprint density at radius 3 is 2.75 bits per heavy atom. The molecule has 3 heterocycles. The summed E-state index contributed by atoms with van der Waals surface area (Å²) in [5, 5.41) is 27.1. The van der Waals surface area contributed by atoms with Crippen molar-refractivity contribution in [2.75, 3.05) is 0 Å². The number of aliphatic carboxylic acids is 1. The van der Waals surface area contributed by atoms with Crippen LogP contribution in [0.25, 0.3) is 11.9 Å².